The van der Waals surface area contributed by atoms with E-state index < -0.39 is 41.0 Å². The molecule has 2 aromatic rings. The Bertz CT molecular complexity index is 815. The number of hydrogen-bond donors (Lipinski definition) is 1. The minimum Gasteiger partial charge on any atom is -0.481 e. The van der Waals surface area contributed by atoms with E-state index in [9.17, 15) is 27.2 Å². The van der Waals surface area contributed by atoms with Crippen LogP contribution in [0.1, 0.15) is 23.0 Å². The van der Waals surface area contributed by atoms with Crippen molar-refractivity contribution in [2.24, 2.45) is 5.92 Å². The van der Waals surface area contributed by atoms with Crippen molar-refractivity contribution in [2.45, 2.75) is 13.1 Å². The molecule has 0 radical (unpaired) electrons. The van der Waals surface area contributed by atoms with Crippen LogP contribution < -0.4 is 0 Å². The van der Waals surface area contributed by atoms with Crippen LogP contribution >= 0.6 is 0 Å². The van der Waals surface area contributed by atoms with Gasteiger partial charge in [-0.3, -0.25) is 9.59 Å². The summed E-state index contributed by atoms with van der Waals surface area (Å²) in [5.74, 6) is -3.78. The number of amides is 1. The lowest BCUT2D eigenvalue weighted by atomic mass is 10.1. The number of halogens is 4. The SMILES string of the molecule is CC(CN(C)C(=O)c1cnn(-c2ccc(F)cc2)c1C(F)(F)F)C(=O)O. The molecule has 2 rings (SSSR count). The number of aliphatic carboxylic acids is 1. The van der Waals surface area contributed by atoms with Crippen molar-refractivity contribution in [3.05, 3.63) is 47.5 Å². The molecule has 0 spiro atoms. The molecule has 1 N–H and O–H groups in total. The highest BCUT2D eigenvalue weighted by atomic mass is 19.4. The van der Waals surface area contributed by atoms with E-state index in [0.717, 1.165) is 35.4 Å². The molecule has 0 saturated heterocycles. The van der Waals surface area contributed by atoms with E-state index in [1.165, 1.54) is 14.0 Å². The highest BCUT2D eigenvalue weighted by Crippen LogP contribution is 2.34. The summed E-state index contributed by atoms with van der Waals surface area (Å²) in [7, 11) is 1.21. The van der Waals surface area contributed by atoms with Crippen LogP contribution in [0.15, 0.2) is 30.5 Å². The fourth-order valence-electron chi connectivity index (χ4n) is 2.33. The number of benzene rings is 1. The molecule has 1 heterocycles. The zero-order valence-corrected chi connectivity index (χ0v) is 13.8. The lowest BCUT2D eigenvalue weighted by Gasteiger charge is -2.20. The van der Waals surface area contributed by atoms with E-state index in [1.54, 1.807) is 0 Å². The van der Waals surface area contributed by atoms with Crippen molar-refractivity contribution in [2.75, 3.05) is 13.6 Å². The van der Waals surface area contributed by atoms with Crippen molar-refractivity contribution < 1.29 is 32.3 Å². The second-order valence-electron chi connectivity index (χ2n) is 5.72. The van der Waals surface area contributed by atoms with Crippen LogP contribution in [-0.2, 0) is 11.0 Å². The minimum absolute atomic E-state index is 0.0701. The predicted molar refractivity (Wildman–Crippen MR) is 82.3 cm³/mol. The summed E-state index contributed by atoms with van der Waals surface area (Å²) in [6.07, 6.45) is -4.15. The first-order chi connectivity index (χ1) is 12.0. The first-order valence-electron chi connectivity index (χ1n) is 7.41. The average molecular weight is 373 g/mol. The molecule has 1 atom stereocenters. The van der Waals surface area contributed by atoms with Crippen LogP contribution in [0.5, 0.6) is 0 Å². The molecule has 0 saturated carbocycles. The van der Waals surface area contributed by atoms with Gasteiger partial charge in [-0.05, 0) is 24.3 Å². The van der Waals surface area contributed by atoms with Gasteiger partial charge in [-0.2, -0.15) is 18.3 Å². The van der Waals surface area contributed by atoms with E-state index in [-0.39, 0.29) is 12.2 Å². The highest BCUT2D eigenvalue weighted by Gasteiger charge is 2.41. The van der Waals surface area contributed by atoms with Gasteiger partial charge in [0, 0.05) is 13.6 Å². The molecule has 10 heteroatoms. The number of alkyl halides is 3. The van der Waals surface area contributed by atoms with E-state index in [2.05, 4.69) is 5.10 Å². The second-order valence-corrected chi connectivity index (χ2v) is 5.72. The molecule has 0 fully saturated rings. The van der Waals surface area contributed by atoms with Gasteiger partial charge in [0.1, 0.15) is 5.82 Å². The lowest BCUT2D eigenvalue weighted by Crippen LogP contribution is -2.34. The zero-order valence-electron chi connectivity index (χ0n) is 13.8. The van der Waals surface area contributed by atoms with Crippen LogP contribution in [0, 0.1) is 11.7 Å². The van der Waals surface area contributed by atoms with Crippen LogP contribution in [0.3, 0.4) is 0 Å². The minimum atomic E-state index is -4.91. The van der Waals surface area contributed by atoms with E-state index in [4.69, 9.17) is 5.11 Å². The molecule has 1 aromatic heterocycles. The summed E-state index contributed by atoms with van der Waals surface area (Å²) >= 11 is 0. The molecular formula is C16H15F4N3O3. The molecule has 1 unspecified atom stereocenters. The third-order valence-corrected chi connectivity index (χ3v) is 3.66. The normalized spacial score (nSPS) is 12.7. The van der Waals surface area contributed by atoms with Gasteiger partial charge in [0.05, 0.1) is 23.4 Å². The Morgan fingerprint density at radius 2 is 1.85 bits per heavy atom. The fraction of sp³-hybridized carbons (Fsp3) is 0.312. The zero-order chi connectivity index (χ0) is 19.6. The van der Waals surface area contributed by atoms with E-state index >= 15 is 0 Å². The first kappa shape index (κ1) is 19.4. The molecule has 0 aliphatic heterocycles. The number of carbonyl (C=O) groups excluding carboxylic acids is 1. The third kappa shape index (κ3) is 4.01. The van der Waals surface area contributed by atoms with Crippen molar-refractivity contribution in [3.63, 3.8) is 0 Å². The van der Waals surface area contributed by atoms with Crippen molar-refractivity contribution >= 4 is 11.9 Å². The number of rotatable bonds is 5. The Kier molecular flexibility index (Phi) is 5.33. The smallest absolute Gasteiger partial charge is 0.434 e. The van der Waals surface area contributed by atoms with Gasteiger partial charge in [-0.15, -0.1) is 0 Å². The Balaban J connectivity index is 2.45. The topological polar surface area (TPSA) is 75.4 Å². The summed E-state index contributed by atoms with van der Waals surface area (Å²) in [6, 6.07) is 4.14. The molecule has 1 aromatic carbocycles. The van der Waals surface area contributed by atoms with E-state index in [1.807, 2.05) is 0 Å². The van der Waals surface area contributed by atoms with Crippen molar-refractivity contribution in [1.29, 1.82) is 0 Å². The number of aromatic nitrogens is 2. The van der Waals surface area contributed by atoms with Gasteiger partial charge in [0.2, 0.25) is 0 Å². The maximum absolute atomic E-state index is 13.5. The number of carboxylic acids is 1. The molecule has 26 heavy (non-hydrogen) atoms. The third-order valence-electron chi connectivity index (χ3n) is 3.66. The van der Waals surface area contributed by atoms with Crippen molar-refractivity contribution in [3.8, 4) is 5.69 Å². The lowest BCUT2D eigenvalue weighted by molar-refractivity contribution is -0.143. The quantitative estimate of drug-likeness (QED) is 0.818. The van der Waals surface area contributed by atoms with Crippen LogP contribution in [0.2, 0.25) is 0 Å². The molecule has 6 nitrogen and oxygen atoms in total. The maximum Gasteiger partial charge on any atom is 0.434 e. The maximum atomic E-state index is 13.5. The Morgan fingerprint density at radius 1 is 1.27 bits per heavy atom. The van der Waals surface area contributed by atoms with Gasteiger partial charge in [-0.25, -0.2) is 9.07 Å². The fourth-order valence-corrected chi connectivity index (χ4v) is 2.33. The largest absolute Gasteiger partial charge is 0.481 e. The first-order valence-corrected chi connectivity index (χ1v) is 7.41. The van der Waals surface area contributed by atoms with Gasteiger partial charge < -0.3 is 10.0 Å². The van der Waals surface area contributed by atoms with Crippen LogP contribution in [0.4, 0.5) is 17.6 Å². The van der Waals surface area contributed by atoms with E-state index in [0.29, 0.717) is 4.68 Å². The number of carboxylic acid groups (broad SMARTS) is 1. The molecular weight excluding hydrogens is 358 g/mol. The molecule has 1 amide bonds. The highest BCUT2D eigenvalue weighted by molar-refractivity contribution is 5.95. The van der Waals surface area contributed by atoms with Gasteiger partial charge >= 0.3 is 12.1 Å². The number of hydrogen-bond acceptors (Lipinski definition) is 3. The standard InChI is InChI=1S/C16H15F4N3O3/c1-9(15(25)26)8-22(2)14(24)12-7-21-23(13(12)16(18,19)20)11-5-3-10(17)4-6-11/h3-7,9H,8H2,1-2H3,(H,25,26). The monoisotopic (exact) mass is 373 g/mol. The Hall–Kier alpha value is -2.91. The summed E-state index contributed by atoms with van der Waals surface area (Å²) < 4.78 is 54.1. The Labute approximate surface area is 145 Å². The summed E-state index contributed by atoms with van der Waals surface area (Å²) in [5.41, 5.74) is -2.11. The van der Waals surface area contributed by atoms with Crippen LogP contribution in [0.25, 0.3) is 5.69 Å². The summed E-state index contributed by atoms with van der Waals surface area (Å²) in [5, 5.41) is 12.5. The average Bonchev–Trinajstić information content (AvgIpc) is 2.99. The molecule has 0 aliphatic rings. The molecule has 0 bridgehead atoms. The second kappa shape index (κ2) is 7.14. The Morgan fingerprint density at radius 3 is 2.35 bits per heavy atom. The van der Waals surface area contributed by atoms with Gasteiger partial charge in [0.15, 0.2) is 5.69 Å². The molecule has 0 aliphatic carbocycles. The summed E-state index contributed by atoms with van der Waals surface area (Å²) in [4.78, 5) is 24.1. The van der Waals surface area contributed by atoms with Gasteiger partial charge in [0.25, 0.3) is 5.91 Å². The number of carbonyl (C=O) groups is 2. The van der Waals surface area contributed by atoms with Crippen molar-refractivity contribution in [1.82, 2.24) is 14.7 Å². The summed E-state index contributed by atoms with van der Waals surface area (Å²) in [6.45, 7) is 1.06. The number of nitrogens with zero attached hydrogens (tertiary/aromatic N) is 3. The van der Waals surface area contributed by atoms with Crippen LogP contribution in [-0.4, -0.2) is 45.3 Å². The van der Waals surface area contributed by atoms with Gasteiger partial charge in [-0.1, -0.05) is 6.92 Å². The predicted octanol–water partition coefficient (Wildman–Crippen LogP) is 2.82. The molecule has 140 valence electrons.